The molecule has 3 N–H and O–H groups in total. The van der Waals surface area contributed by atoms with Gasteiger partial charge in [-0.1, -0.05) is 12.2 Å². The number of benzene rings is 1. The zero-order chi connectivity index (χ0) is 14.7. The van der Waals surface area contributed by atoms with E-state index in [1.165, 1.54) is 0 Å². The first kappa shape index (κ1) is 14.9. The van der Waals surface area contributed by atoms with Crippen molar-refractivity contribution in [3.63, 3.8) is 0 Å². The van der Waals surface area contributed by atoms with Crippen LogP contribution in [-0.4, -0.2) is 9.97 Å². The van der Waals surface area contributed by atoms with Crippen molar-refractivity contribution in [1.82, 2.24) is 4.98 Å². The molecule has 0 aliphatic heterocycles. The molecular formula is C14H13BrFN3S. The number of nitrogens with two attached hydrogens (primary N) is 1. The summed E-state index contributed by atoms with van der Waals surface area (Å²) in [4.78, 5) is 4.12. The molecule has 0 spiro atoms. The van der Waals surface area contributed by atoms with Crippen molar-refractivity contribution in [3.8, 4) is 0 Å². The van der Waals surface area contributed by atoms with Crippen LogP contribution in [0, 0.1) is 5.82 Å². The van der Waals surface area contributed by atoms with Gasteiger partial charge < -0.3 is 11.1 Å². The Hall–Kier alpha value is -1.53. The molecule has 1 aromatic carbocycles. The maximum absolute atomic E-state index is 14.3. The molecule has 0 aliphatic rings. The normalized spacial score (nSPS) is 11.9. The molecule has 6 heteroatoms. The minimum Gasteiger partial charge on any atom is -0.389 e. The van der Waals surface area contributed by atoms with Gasteiger partial charge in [0, 0.05) is 24.0 Å². The van der Waals surface area contributed by atoms with E-state index in [1.54, 1.807) is 24.5 Å². The van der Waals surface area contributed by atoms with Crippen molar-refractivity contribution in [2.75, 3.05) is 5.32 Å². The SMILES string of the molecule is CC(Nc1ccc(C(N)=S)c(Br)c1F)c1ccncc1. The van der Waals surface area contributed by atoms with Crippen LogP contribution in [0.3, 0.4) is 0 Å². The summed E-state index contributed by atoms with van der Waals surface area (Å²) in [5.41, 5.74) is 7.43. The number of pyridine rings is 1. The lowest BCUT2D eigenvalue weighted by atomic mass is 10.1. The van der Waals surface area contributed by atoms with Crippen LogP contribution < -0.4 is 11.1 Å². The molecule has 0 saturated carbocycles. The van der Waals surface area contributed by atoms with Crippen LogP contribution in [-0.2, 0) is 0 Å². The van der Waals surface area contributed by atoms with Gasteiger partial charge in [0.1, 0.15) is 4.99 Å². The van der Waals surface area contributed by atoms with E-state index in [0.29, 0.717) is 11.3 Å². The Morgan fingerprint density at radius 2 is 2.00 bits per heavy atom. The fourth-order valence-electron chi connectivity index (χ4n) is 1.82. The van der Waals surface area contributed by atoms with Crippen LogP contribution in [0.4, 0.5) is 10.1 Å². The predicted molar refractivity (Wildman–Crippen MR) is 86.3 cm³/mol. The van der Waals surface area contributed by atoms with Crippen LogP contribution in [0.2, 0.25) is 0 Å². The standard InChI is InChI=1S/C14H13BrFN3S/c1-8(9-4-6-18-7-5-9)19-11-3-2-10(14(17)20)12(15)13(11)16/h2-8,19H,1H3,(H2,17,20). The predicted octanol–water partition coefficient (Wildman–Crippen LogP) is 3.79. The molecular weight excluding hydrogens is 341 g/mol. The maximum atomic E-state index is 14.3. The number of halogens is 2. The third kappa shape index (κ3) is 3.13. The molecule has 2 aromatic rings. The fourth-order valence-corrected chi connectivity index (χ4v) is 2.68. The van der Waals surface area contributed by atoms with Crippen LogP contribution in [0.15, 0.2) is 41.1 Å². The topological polar surface area (TPSA) is 50.9 Å². The molecule has 1 atom stereocenters. The third-order valence-electron chi connectivity index (χ3n) is 2.93. The molecule has 1 aromatic heterocycles. The number of hydrogen-bond donors (Lipinski definition) is 2. The number of nitrogens with one attached hydrogen (secondary N) is 1. The Morgan fingerprint density at radius 3 is 2.60 bits per heavy atom. The van der Waals surface area contributed by atoms with Crippen molar-refractivity contribution >= 4 is 38.8 Å². The van der Waals surface area contributed by atoms with Gasteiger partial charge in [-0.15, -0.1) is 0 Å². The van der Waals surface area contributed by atoms with Gasteiger partial charge in [-0.3, -0.25) is 4.98 Å². The second kappa shape index (κ2) is 6.28. The highest BCUT2D eigenvalue weighted by Crippen LogP contribution is 2.29. The van der Waals surface area contributed by atoms with Crippen molar-refractivity contribution in [1.29, 1.82) is 0 Å². The Bertz CT molecular complexity index is 634. The van der Waals surface area contributed by atoms with Gasteiger partial charge in [0.25, 0.3) is 0 Å². The molecule has 0 aliphatic carbocycles. The number of nitrogens with zero attached hydrogens (tertiary/aromatic N) is 1. The van der Waals surface area contributed by atoms with Gasteiger partial charge >= 0.3 is 0 Å². The van der Waals surface area contributed by atoms with Gasteiger partial charge in [-0.2, -0.15) is 0 Å². The summed E-state index contributed by atoms with van der Waals surface area (Å²) >= 11 is 8.06. The van der Waals surface area contributed by atoms with Gasteiger partial charge in [-0.05, 0) is 52.7 Å². The number of rotatable bonds is 4. The lowest BCUT2D eigenvalue weighted by Gasteiger charge is -2.17. The summed E-state index contributed by atoms with van der Waals surface area (Å²) in [7, 11) is 0. The molecule has 2 rings (SSSR count). The van der Waals surface area contributed by atoms with E-state index < -0.39 is 5.82 Å². The van der Waals surface area contributed by atoms with E-state index in [0.717, 1.165) is 5.56 Å². The summed E-state index contributed by atoms with van der Waals surface area (Å²) in [6.07, 6.45) is 3.41. The quantitative estimate of drug-likeness (QED) is 0.821. The molecule has 0 saturated heterocycles. The number of hydrogen-bond acceptors (Lipinski definition) is 3. The molecule has 1 heterocycles. The Labute approximate surface area is 130 Å². The van der Waals surface area contributed by atoms with Crippen LogP contribution in [0.5, 0.6) is 0 Å². The molecule has 0 bridgehead atoms. The van der Waals surface area contributed by atoms with E-state index in [2.05, 4.69) is 26.2 Å². The van der Waals surface area contributed by atoms with E-state index in [1.807, 2.05) is 19.1 Å². The average Bonchev–Trinajstić information content (AvgIpc) is 2.44. The average molecular weight is 354 g/mol. The zero-order valence-electron chi connectivity index (χ0n) is 10.7. The first-order valence-electron chi connectivity index (χ1n) is 5.95. The Kier molecular flexibility index (Phi) is 4.67. The highest BCUT2D eigenvalue weighted by atomic mass is 79.9. The minimum atomic E-state index is -0.406. The minimum absolute atomic E-state index is 0.0462. The highest BCUT2D eigenvalue weighted by Gasteiger charge is 2.14. The first-order chi connectivity index (χ1) is 9.50. The van der Waals surface area contributed by atoms with Crippen molar-refractivity contribution in [2.24, 2.45) is 5.73 Å². The fraction of sp³-hybridized carbons (Fsp3) is 0.143. The van der Waals surface area contributed by atoms with Gasteiger partial charge in [0.2, 0.25) is 0 Å². The van der Waals surface area contributed by atoms with Crippen molar-refractivity contribution in [2.45, 2.75) is 13.0 Å². The van der Waals surface area contributed by atoms with Crippen LogP contribution in [0.1, 0.15) is 24.1 Å². The molecule has 104 valence electrons. The van der Waals surface area contributed by atoms with Gasteiger partial charge in [0.05, 0.1) is 10.2 Å². The maximum Gasteiger partial charge on any atom is 0.161 e. The largest absolute Gasteiger partial charge is 0.389 e. The monoisotopic (exact) mass is 353 g/mol. The molecule has 0 fully saturated rings. The molecule has 20 heavy (non-hydrogen) atoms. The second-order valence-electron chi connectivity index (χ2n) is 4.30. The number of aromatic nitrogens is 1. The Balaban J connectivity index is 2.27. The first-order valence-corrected chi connectivity index (χ1v) is 7.15. The lowest BCUT2D eigenvalue weighted by Crippen LogP contribution is -2.13. The summed E-state index contributed by atoms with van der Waals surface area (Å²) in [5.74, 6) is -0.406. The van der Waals surface area contributed by atoms with Gasteiger partial charge in [-0.25, -0.2) is 4.39 Å². The van der Waals surface area contributed by atoms with Crippen LogP contribution >= 0.6 is 28.1 Å². The van der Waals surface area contributed by atoms with E-state index >= 15 is 0 Å². The molecule has 3 nitrogen and oxygen atoms in total. The molecule has 1 unspecified atom stereocenters. The summed E-state index contributed by atoms with van der Waals surface area (Å²) in [6, 6.07) is 7.04. The summed E-state index contributed by atoms with van der Waals surface area (Å²) < 4.78 is 14.5. The van der Waals surface area contributed by atoms with E-state index in [9.17, 15) is 4.39 Å². The Morgan fingerprint density at radius 1 is 1.35 bits per heavy atom. The van der Waals surface area contributed by atoms with Crippen LogP contribution in [0.25, 0.3) is 0 Å². The summed E-state index contributed by atoms with van der Waals surface area (Å²) in [5, 5.41) is 3.12. The second-order valence-corrected chi connectivity index (χ2v) is 5.53. The summed E-state index contributed by atoms with van der Waals surface area (Å²) in [6.45, 7) is 1.95. The van der Waals surface area contributed by atoms with E-state index in [4.69, 9.17) is 18.0 Å². The van der Waals surface area contributed by atoms with Crippen molar-refractivity contribution in [3.05, 3.63) is 58.1 Å². The molecule has 0 radical (unpaired) electrons. The molecule has 0 amide bonds. The third-order valence-corrected chi connectivity index (χ3v) is 3.92. The number of thiocarbonyl (C=S) groups is 1. The highest BCUT2D eigenvalue weighted by molar-refractivity contribution is 9.10. The van der Waals surface area contributed by atoms with Gasteiger partial charge in [0.15, 0.2) is 5.82 Å². The lowest BCUT2D eigenvalue weighted by molar-refractivity contribution is 0.620. The smallest absolute Gasteiger partial charge is 0.161 e. The van der Waals surface area contributed by atoms with Crippen molar-refractivity contribution < 1.29 is 4.39 Å². The number of anilines is 1. The zero-order valence-corrected chi connectivity index (χ0v) is 13.1. The van der Waals surface area contributed by atoms with E-state index in [-0.39, 0.29) is 15.5 Å².